The number of aryl methyl sites for hydroxylation is 1. The molecule has 1 heterocycles. The third kappa shape index (κ3) is 6.25. The monoisotopic (exact) mass is 475 g/mol. The van der Waals surface area contributed by atoms with Crippen LogP contribution in [-0.4, -0.2) is 65.2 Å². The quantitative estimate of drug-likeness (QED) is 0.706. The molecular formula is C24H33N3O5S. The Morgan fingerprint density at radius 3 is 2.64 bits per heavy atom. The number of anilines is 1. The van der Waals surface area contributed by atoms with Crippen LogP contribution in [0.4, 0.5) is 5.69 Å². The number of nitrogens with zero attached hydrogens (tertiary/aromatic N) is 1. The number of fused-ring (bicyclic) bond motifs is 1. The van der Waals surface area contributed by atoms with E-state index in [1.165, 1.54) is 0 Å². The van der Waals surface area contributed by atoms with Gasteiger partial charge in [-0.3, -0.25) is 9.52 Å². The zero-order valence-corrected chi connectivity index (χ0v) is 20.6. The summed E-state index contributed by atoms with van der Waals surface area (Å²) in [5.74, 6) is 0.311. The largest absolute Gasteiger partial charge is 0.491 e. The Morgan fingerprint density at radius 2 is 1.94 bits per heavy atom. The van der Waals surface area contributed by atoms with Gasteiger partial charge in [-0.15, -0.1) is 0 Å². The van der Waals surface area contributed by atoms with Crippen LogP contribution in [0.25, 0.3) is 0 Å². The first-order valence-electron chi connectivity index (χ1n) is 11.0. The first-order valence-corrected chi connectivity index (χ1v) is 12.5. The van der Waals surface area contributed by atoms with Crippen molar-refractivity contribution in [3.05, 3.63) is 53.6 Å². The topological polar surface area (TPSA) is 97.0 Å². The van der Waals surface area contributed by atoms with Crippen LogP contribution in [0.1, 0.15) is 29.8 Å². The minimum absolute atomic E-state index is 0.0257. The van der Waals surface area contributed by atoms with Gasteiger partial charge in [-0.25, -0.2) is 8.42 Å². The molecule has 2 aromatic carbocycles. The SMILES string of the molecule is CO[C@H]1CN(C)C(=O)c2ccc(NS(=O)(=O)c3cccc(C)c3)cc2OC[C@H](C)NC[C@H]1C. The van der Waals surface area contributed by atoms with E-state index in [1.807, 2.05) is 19.9 Å². The highest BCUT2D eigenvalue weighted by atomic mass is 32.2. The van der Waals surface area contributed by atoms with Gasteiger partial charge in [0.1, 0.15) is 12.4 Å². The summed E-state index contributed by atoms with van der Waals surface area (Å²) in [5.41, 5.74) is 1.53. The van der Waals surface area contributed by atoms with E-state index in [1.54, 1.807) is 55.5 Å². The van der Waals surface area contributed by atoms with Crippen molar-refractivity contribution in [2.24, 2.45) is 5.92 Å². The molecule has 3 rings (SSSR count). The molecule has 1 aliphatic rings. The number of hydrogen-bond donors (Lipinski definition) is 2. The maximum atomic E-state index is 13.2. The van der Waals surface area contributed by atoms with Gasteiger partial charge in [-0.05, 0) is 49.6 Å². The summed E-state index contributed by atoms with van der Waals surface area (Å²) < 4.78 is 39.9. The molecule has 2 aromatic rings. The Labute approximate surface area is 196 Å². The van der Waals surface area contributed by atoms with E-state index in [4.69, 9.17) is 9.47 Å². The molecule has 0 unspecified atom stereocenters. The molecule has 0 radical (unpaired) electrons. The average molecular weight is 476 g/mol. The van der Waals surface area contributed by atoms with Crippen molar-refractivity contribution in [2.45, 2.75) is 37.8 Å². The van der Waals surface area contributed by atoms with Crippen LogP contribution in [0.3, 0.4) is 0 Å². The smallest absolute Gasteiger partial charge is 0.261 e. The van der Waals surface area contributed by atoms with Crippen molar-refractivity contribution in [1.82, 2.24) is 10.2 Å². The maximum absolute atomic E-state index is 13.2. The molecule has 0 spiro atoms. The molecule has 180 valence electrons. The van der Waals surface area contributed by atoms with Crippen molar-refractivity contribution < 1.29 is 22.7 Å². The highest BCUT2D eigenvalue weighted by molar-refractivity contribution is 7.92. The van der Waals surface area contributed by atoms with Gasteiger partial charge in [0.25, 0.3) is 15.9 Å². The lowest BCUT2D eigenvalue weighted by atomic mass is 10.0. The highest BCUT2D eigenvalue weighted by Crippen LogP contribution is 2.27. The molecule has 3 atom stereocenters. The summed E-state index contributed by atoms with van der Waals surface area (Å²) in [7, 11) is -0.410. The van der Waals surface area contributed by atoms with E-state index in [-0.39, 0.29) is 28.9 Å². The zero-order valence-electron chi connectivity index (χ0n) is 19.8. The van der Waals surface area contributed by atoms with Gasteiger partial charge in [0.2, 0.25) is 0 Å². The van der Waals surface area contributed by atoms with E-state index in [9.17, 15) is 13.2 Å². The van der Waals surface area contributed by atoms with E-state index >= 15 is 0 Å². The van der Waals surface area contributed by atoms with Crippen LogP contribution in [-0.2, 0) is 14.8 Å². The normalized spacial score (nSPS) is 22.5. The number of carbonyl (C=O) groups excluding carboxylic acids is 1. The van der Waals surface area contributed by atoms with Crippen LogP contribution in [0.15, 0.2) is 47.4 Å². The molecule has 1 amide bonds. The Balaban J connectivity index is 1.92. The fourth-order valence-electron chi connectivity index (χ4n) is 3.72. The van der Waals surface area contributed by atoms with Gasteiger partial charge in [-0.1, -0.05) is 19.1 Å². The highest BCUT2D eigenvalue weighted by Gasteiger charge is 2.26. The fourth-order valence-corrected chi connectivity index (χ4v) is 4.87. The Kier molecular flexibility index (Phi) is 7.99. The standard InChI is InChI=1S/C24H33N3O5S/c1-16-7-6-8-20(11-16)33(29,30)26-19-9-10-21-22(12-19)32-15-18(3)25-13-17(2)23(31-5)14-27(4)24(21)28/h6-12,17-18,23,25-26H,13-15H2,1-5H3/t17-,18+,23+/m1/s1. The predicted octanol–water partition coefficient (Wildman–Crippen LogP) is 2.89. The van der Waals surface area contributed by atoms with Gasteiger partial charge in [-0.2, -0.15) is 0 Å². The van der Waals surface area contributed by atoms with E-state index in [0.29, 0.717) is 36.7 Å². The number of rotatable bonds is 4. The molecule has 0 aliphatic carbocycles. The number of nitrogens with one attached hydrogen (secondary N) is 2. The van der Waals surface area contributed by atoms with Crippen LogP contribution in [0.2, 0.25) is 0 Å². The Morgan fingerprint density at radius 1 is 1.18 bits per heavy atom. The summed E-state index contributed by atoms with van der Waals surface area (Å²) in [5, 5.41) is 3.43. The number of methoxy groups -OCH3 is 1. The molecule has 9 heteroatoms. The molecule has 0 aromatic heterocycles. The van der Waals surface area contributed by atoms with Crippen molar-refractivity contribution in [2.75, 3.05) is 38.6 Å². The number of likely N-dealkylation sites (N-methyl/N-ethyl adjacent to an activating group) is 1. The van der Waals surface area contributed by atoms with Crippen molar-refractivity contribution in [1.29, 1.82) is 0 Å². The number of amides is 1. The van der Waals surface area contributed by atoms with Crippen LogP contribution in [0.5, 0.6) is 5.75 Å². The predicted molar refractivity (Wildman–Crippen MR) is 128 cm³/mol. The third-order valence-corrected chi connectivity index (χ3v) is 7.16. The molecule has 2 N–H and O–H groups in total. The van der Waals surface area contributed by atoms with Crippen molar-refractivity contribution in [3.8, 4) is 5.75 Å². The maximum Gasteiger partial charge on any atom is 0.261 e. The fraction of sp³-hybridized carbons (Fsp3) is 0.458. The summed E-state index contributed by atoms with van der Waals surface area (Å²) in [6.07, 6.45) is -0.122. The van der Waals surface area contributed by atoms with Gasteiger partial charge >= 0.3 is 0 Å². The van der Waals surface area contributed by atoms with E-state index in [2.05, 4.69) is 17.0 Å². The molecular weight excluding hydrogens is 442 g/mol. The summed E-state index contributed by atoms with van der Waals surface area (Å²) in [6.45, 7) is 7.38. The molecule has 33 heavy (non-hydrogen) atoms. The lowest BCUT2D eigenvalue weighted by Crippen LogP contribution is -2.44. The van der Waals surface area contributed by atoms with Crippen molar-refractivity contribution >= 4 is 21.6 Å². The molecule has 1 aliphatic heterocycles. The molecule has 0 fully saturated rings. The van der Waals surface area contributed by atoms with E-state index in [0.717, 1.165) is 5.56 Å². The lowest BCUT2D eigenvalue weighted by Gasteiger charge is -2.30. The van der Waals surface area contributed by atoms with E-state index < -0.39 is 10.0 Å². The summed E-state index contributed by atoms with van der Waals surface area (Å²) in [4.78, 5) is 15.0. The second-order valence-electron chi connectivity index (χ2n) is 8.69. The number of hydrogen-bond acceptors (Lipinski definition) is 6. The summed E-state index contributed by atoms with van der Waals surface area (Å²) >= 11 is 0. The summed E-state index contributed by atoms with van der Waals surface area (Å²) in [6, 6.07) is 11.4. The Bertz CT molecular complexity index is 1090. The lowest BCUT2D eigenvalue weighted by molar-refractivity contribution is 0.0281. The molecule has 0 bridgehead atoms. The number of ether oxygens (including phenoxy) is 2. The number of carbonyl (C=O) groups is 1. The van der Waals surface area contributed by atoms with Gasteiger partial charge < -0.3 is 19.7 Å². The third-order valence-electron chi connectivity index (χ3n) is 5.78. The molecule has 0 saturated carbocycles. The number of sulfonamides is 1. The Hall–Kier alpha value is -2.62. The van der Waals surface area contributed by atoms with Crippen LogP contribution < -0.4 is 14.8 Å². The minimum Gasteiger partial charge on any atom is -0.491 e. The average Bonchev–Trinajstić information content (AvgIpc) is 2.78. The minimum atomic E-state index is -3.78. The van der Waals surface area contributed by atoms with Gasteiger partial charge in [0.05, 0.1) is 22.3 Å². The van der Waals surface area contributed by atoms with Gasteiger partial charge in [0, 0.05) is 39.4 Å². The zero-order chi connectivity index (χ0) is 24.2. The van der Waals surface area contributed by atoms with Gasteiger partial charge in [0.15, 0.2) is 0 Å². The molecule has 8 nitrogen and oxygen atoms in total. The second kappa shape index (κ2) is 10.5. The first kappa shape index (κ1) is 25.0. The second-order valence-corrected chi connectivity index (χ2v) is 10.4. The molecule has 0 saturated heterocycles. The first-order chi connectivity index (χ1) is 15.6. The number of benzene rings is 2. The van der Waals surface area contributed by atoms with Crippen LogP contribution >= 0.6 is 0 Å². The van der Waals surface area contributed by atoms with Crippen LogP contribution in [0, 0.1) is 12.8 Å². The van der Waals surface area contributed by atoms with Crippen molar-refractivity contribution in [3.63, 3.8) is 0 Å².